The minimum absolute atomic E-state index is 0.0185. The van der Waals surface area contributed by atoms with E-state index >= 15 is 0 Å². The molecular formula is C25H26N2O3. The Bertz CT molecular complexity index is 1040. The molecule has 2 aromatic carbocycles. The largest absolute Gasteiger partial charge is 0.454 e. The molecule has 0 saturated carbocycles. The standard InChI is InChI=1S/C25H26N2O3/c1-16(2)12-22(20-6-9-23-24(14-20)30-15-29-23)25(28)27-21-7-4-18(5-8-21)19-10-11-26-17(3)13-19/h4-11,13-14,16,22H,12,15H2,1-3H3,(H,27,28). The maximum absolute atomic E-state index is 13.2. The van der Waals surface area contributed by atoms with Gasteiger partial charge in [-0.2, -0.15) is 0 Å². The van der Waals surface area contributed by atoms with E-state index in [1.807, 2.05) is 67.7 Å². The topological polar surface area (TPSA) is 60.5 Å². The van der Waals surface area contributed by atoms with Gasteiger partial charge in [0.25, 0.3) is 0 Å². The van der Waals surface area contributed by atoms with Gasteiger partial charge in [0.1, 0.15) is 0 Å². The molecule has 5 nitrogen and oxygen atoms in total. The fraction of sp³-hybridized carbons (Fsp3) is 0.280. The molecule has 30 heavy (non-hydrogen) atoms. The van der Waals surface area contributed by atoms with Crippen LogP contribution in [0.3, 0.4) is 0 Å². The Kier molecular flexibility index (Phi) is 5.70. The summed E-state index contributed by atoms with van der Waals surface area (Å²) in [6, 6.07) is 17.7. The number of ether oxygens (including phenoxy) is 2. The molecule has 1 aromatic heterocycles. The molecule has 1 amide bonds. The number of rotatable bonds is 6. The van der Waals surface area contributed by atoms with Crippen molar-refractivity contribution >= 4 is 11.6 Å². The van der Waals surface area contributed by atoms with Crippen molar-refractivity contribution in [3.05, 3.63) is 72.1 Å². The first kappa shape index (κ1) is 20.0. The van der Waals surface area contributed by atoms with Gasteiger partial charge in [0.15, 0.2) is 11.5 Å². The third kappa shape index (κ3) is 4.46. The summed E-state index contributed by atoms with van der Waals surface area (Å²) in [5.41, 5.74) is 4.90. The molecule has 0 spiro atoms. The normalized spacial score (nSPS) is 13.3. The summed E-state index contributed by atoms with van der Waals surface area (Å²) in [5, 5.41) is 3.08. The molecular weight excluding hydrogens is 376 g/mol. The molecule has 0 radical (unpaired) electrons. The fourth-order valence-corrected chi connectivity index (χ4v) is 3.70. The van der Waals surface area contributed by atoms with Gasteiger partial charge in [-0.05, 0) is 72.4 Å². The third-order valence-corrected chi connectivity index (χ3v) is 5.21. The summed E-state index contributed by atoms with van der Waals surface area (Å²) in [6.45, 7) is 6.45. The average molecular weight is 402 g/mol. The first-order valence-electron chi connectivity index (χ1n) is 10.2. The Balaban J connectivity index is 1.52. The number of carbonyl (C=O) groups excluding carboxylic acids is 1. The maximum atomic E-state index is 13.2. The zero-order valence-electron chi connectivity index (χ0n) is 17.5. The Morgan fingerprint density at radius 3 is 2.50 bits per heavy atom. The number of aromatic nitrogens is 1. The van der Waals surface area contributed by atoms with Gasteiger partial charge in [-0.3, -0.25) is 9.78 Å². The molecule has 1 aliphatic heterocycles. The van der Waals surface area contributed by atoms with Crippen LogP contribution in [0.5, 0.6) is 11.5 Å². The summed E-state index contributed by atoms with van der Waals surface area (Å²) >= 11 is 0. The summed E-state index contributed by atoms with van der Waals surface area (Å²) in [7, 11) is 0. The maximum Gasteiger partial charge on any atom is 0.231 e. The van der Waals surface area contributed by atoms with Crippen LogP contribution >= 0.6 is 0 Å². The molecule has 5 heteroatoms. The predicted molar refractivity (Wildman–Crippen MR) is 118 cm³/mol. The number of amides is 1. The van der Waals surface area contributed by atoms with Crippen LogP contribution in [0, 0.1) is 12.8 Å². The Hall–Kier alpha value is -3.34. The van der Waals surface area contributed by atoms with Gasteiger partial charge in [0, 0.05) is 17.6 Å². The molecule has 0 fully saturated rings. The zero-order chi connectivity index (χ0) is 21.1. The lowest BCUT2D eigenvalue weighted by Gasteiger charge is -2.20. The van der Waals surface area contributed by atoms with Crippen LogP contribution in [0.2, 0.25) is 0 Å². The van der Waals surface area contributed by atoms with E-state index in [0.717, 1.165) is 40.2 Å². The second-order valence-corrected chi connectivity index (χ2v) is 8.05. The number of aryl methyl sites for hydroxylation is 1. The lowest BCUT2D eigenvalue weighted by Crippen LogP contribution is -2.22. The summed E-state index contributed by atoms with van der Waals surface area (Å²) < 4.78 is 10.9. The molecule has 4 rings (SSSR count). The lowest BCUT2D eigenvalue weighted by atomic mass is 9.89. The molecule has 0 bridgehead atoms. The Morgan fingerprint density at radius 2 is 1.77 bits per heavy atom. The van der Waals surface area contributed by atoms with E-state index in [4.69, 9.17) is 9.47 Å². The smallest absolute Gasteiger partial charge is 0.231 e. The third-order valence-electron chi connectivity index (χ3n) is 5.21. The van der Waals surface area contributed by atoms with Crippen LogP contribution in [-0.2, 0) is 4.79 Å². The number of hydrogen-bond donors (Lipinski definition) is 1. The lowest BCUT2D eigenvalue weighted by molar-refractivity contribution is -0.117. The van der Waals surface area contributed by atoms with E-state index in [2.05, 4.69) is 24.1 Å². The average Bonchev–Trinajstić information content (AvgIpc) is 3.20. The van der Waals surface area contributed by atoms with Crippen molar-refractivity contribution in [1.82, 2.24) is 4.98 Å². The first-order valence-corrected chi connectivity index (χ1v) is 10.2. The highest BCUT2D eigenvalue weighted by Gasteiger charge is 2.24. The van der Waals surface area contributed by atoms with Crippen LogP contribution in [-0.4, -0.2) is 17.7 Å². The van der Waals surface area contributed by atoms with E-state index in [0.29, 0.717) is 11.7 Å². The molecule has 154 valence electrons. The molecule has 1 N–H and O–H groups in total. The van der Waals surface area contributed by atoms with Crippen molar-refractivity contribution in [3.8, 4) is 22.6 Å². The van der Waals surface area contributed by atoms with E-state index in [-0.39, 0.29) is 18.6 Å². The highest BCUT2D eigenvalue weighted by molar-refractivity contribution is 5.96. The van der Waals surface area contributed by atoms with Gasteiger partial charge in [-0.25, -0.2) is 0 Å². The summed E-state index contributed by atoms with van der Waals surface area (Å²) in [4.78, 5) is 17.4. The minimum Gasteiger partial charge on any atom is -0.454 e. The highest BCUT2D eigenvalue weighted by atomic mass is 16.7. The molecule has 1 aliphatic rings. The first-order chi connectivity index (χ1) is 14.5. The van der Waals surface area contributed by atoms with Gasteiger partial charge in [-0.15, -0.1) is 0 Å². The second-order valence-electron chi connectivity index (χ2n) is 8.05. The minimum atomic E-state index is -0.262. The van der Waals surface area contributed by atoms with Crippen molar-refractivity contribution in [3.63, 3.8) is 0 Å². The number of pyridine rings is 1. The number of benzene rings is 2. The second kappa shape index (κ2) is 8.57. The number of nitrogens with one attached hydrogen (secondary N) is 1. The number of anilines is 1. The van der Waals surface area contributed by atoms with Gasteiger partial charge < -0.3 is 14.8 Å². The van der Waals surface area contributed by atoms with Crippen molar-refractivity contribution in [2.75, 3.05) is 12.1 Å². The van der Waals surface area contributed by atoms with E-state index in [1.54, 1.807) is 0 Å². The van der Waals surface area contributed by atoms with Crippen molar-refractivity contribution in [2.24, 2.45) is 5.92 Å². The van der Waals surface area contributed by atoms with Gasteiger partial charge >= 0.3 is 0 Å². The fourth-order valence-electron chi connectivity index (χ4n) is 3.70. The van der Waals surface area contributed by atoms with Crippen molar-refractivity contribution in [2.45, 2.75) is 33.1 Å². The number of hydrogen-bond acceptors (Lipinski definition) is 4. The highest BCUT2D eigenvalue weighted by Crippen LogP contribution is 2.36. The van der Waals surface area contributed by atoms with Crippen molar-refractivity contribution < 1.29 is 14.3 Å². The Morgan fingerprint density at radius 1 is 1.00 bits per heavy atom. The number of nitrogens with zero attached hydrogens (tertiary/aromatic N) is 1. The van der Waals surface area contributed by atoms with Crippen LogP contribution in [0.4, 0.5) is 5.69 Å². The van der Waals surface area contributed by atoms with E-state index < -0.39 is 0 Å². The van der Waals surface area contributed by atoms with Gasteiger partial charge in [0.2, 0.25) is 12.7 Å². The molecule has 0 saturated heterocycles. The van der Waals surface area contributed by atoms with Gasteiger partial charge in [-0.1, -0.05) is 32.0 Å². The molecule has 1 unspecified atom stereocenters. The van der Waals surface area contributed by atoms with Crippen LogP contribution in [0.1, 0.15) is 37.4 Å². The molecule has 1 atom stereocenters. The molecule has 2 heterocycles. The molecule has 0 aliphatic carbocycles. The zero-order valence-corrected chi connectivity index (χ0v) is 17.5. The summed E-state index contributed by atoms with van der Waals surface area (Å²) in [6.07, 6.45) is 2.56. The monoisotopic (exact) mass is 402 g/mol. The number of carbonyl (C=O) groups is 1. The van der Waals surface area contributed by atoms with Crippen LogP contribution in [0.15, 0.2) is 60.8 Å². The van der Waals surface area contributed by atoms with E-state index in [1.165, 1.54) is 0 Å². The Labute approximate surface area is 177 Å². The van der Waals surface area contributed by atoms with Crippen LogP contribution in [0.25, 0.3) is 11.1 Å². The quantitative estimate of drug-likeness (QED) is 0.587. The van der Waals surface area contributed by atoms with Gasteiger partial charge in [0.05, 0.1) is 5.92 Å². The predicted octanol–water partition coefficient (Wildman–Crippen LogP) is 5.55. The number of fused-ring (bicyclic) bond motifs is 1. The van der Waals surface area contributed by atoms with Crippen LogP contribution < -0.4 is 14.8 Å². The SMILES string of the molecule is Cc1cc(-c2ccc(NC(=O)C(CC(C)C)c3ccc4c(c3)OCO4)cc2)ccn1. The summed E-state index contributed by atoms with van der Waals surface area (Å²) in [5.74, 6) is 1.52. The molecule has 3 aromatic rings. The van der Waals surface area contributed by atoms with Crippen molar-refractivity contribution in [1.29, 1.82) is 0 Å². The van der Waals surface area contributed by atoms with E-state index in [9.17, 15) is 4.79 Å².